The number of rotatable bonds is 8. The topological polar surface area (TPSA) is 72.6 Å². The van der Waals surface area contributed by atoms with Crippen molar-refractivity contribution in [2.45, 2.75) is 38.5 Å². The van der Waals surface area contributed by atoms with Crippen molar-refractivity contribution in [3.63, 3.8) is 0 Å². The maximum atomic E-state index is 11.9. The van der Waals surface area contributed by atoms with Crippen molar-refractivity contribution in [3.05, 3.63) is 287 Å². The summed E-state index contributed by atoms with van der Waals surface area (Å²) in [6.07, 6.45) is 0. The first-order valence-corrected chi connectivity index (χ1v) is 28.1. The van der Waals surface area contributed by atoms with Crippen LogP contribution in [0.25, 0.3) is 86.9 Å². The molecule has 15 rings (SSSR count). The van der Waals surface area contributed by atoms with Gasteiger partial charge in [-0.15, -0.1) is 0 Å². The van der Waals surface area contributed by atoms with Crippen LogP contribution in [0.2, 0.25) is 0 Å². The molecule has 2 aliphatic carbocycles. The van der Waals surface area contributed by atoms with Gasteiger partial charge in [-0.3, -0.25) is 0 Å². The predicted molar refractivity (Wildman–Crippen MR) is 342 cm³/mol. The summed E-state index contributed by atoms with van der Waals surface area (Å²) in [5.41, 5.74) is 17.4. The van der Waals surface area contributed by atoms with Crippen molar-refractivity contribution in [1.82, 2.24) is 9.13 Å². The molecule has 13 aromatic rings. The summed E-state index contributed by atoms with van der Waals surface area (Å²) < 4.78 is 3.97. The molecule has 0 aliphatic heterocycles. The van der Waals surface area contributed by atoms with E-state index in [0.717, 1.165) is 111 Å². The van der Waals surface area contributed by atoms with Crippen LogP contribution in [-0.4, -0.2) is 9.13 Å². The minimum absolute atomic E-state index is 0.00455. The fourth-order valence-corrected chi connectivity index (χ4v) is 13.9. The standard InChI is InChI=1S/C76H50N8/c1-75(2)63-33-21-19-31-53(63)55-41-59-57-39-51(81(47-23-11-7-12-24-47)48-25-13-8-14-26-48)35-37-67(57)83(69(59)43-65(55)75)73-61(45-77)71(79-5)74(72(80-6)62(73)46-78)84-68-38-36-52(82(49-27-15-9-16-28-49)50-29-17-10-18-30-50)40-58(68)60-42-56-54-32-20-22-34-64(54)76(3,4)66(56)44-70(60)84/h7-44H,1-4H3. The van der Waals surface area contributed by atoms with Gasteiger partial charge in [-0.1, -0.05) is 149 Å². The highest BCUT2D eigenvalue weighted by molar-refractivity contribution is 6.16. The molecule has 0 radical (unpaired) electrons. The van der Waals surface area contributed by atoms with E-state index in [9.17, 15) is 23.7 Å². The lowest BCUT2D eigenvalue weighted by Crippen LogP contribution is -2.15. The summed E-state index contributed by atoms with van der Waals surface area (Å²) >= 11 is 0. The van der Waals surface area contributed by atoms with Crippen LogP contribution < -0.4 is 9.80 Å². The van der Waals surface area contributed by atoms with E-state index in [1.807, 2.05) is 81.9 Å². The third kappa shape index (κ3) is 7.02. The van der Waals surface area contributed by atoms with E-state index >= 15 is 0 Å². The first kappa shape index (κ1) is 49.6. The average molecular weight is 1080 g/mol. The van der Waals surface area contributed by atoms with Gasteiger partial charge >= 0.3 is 0 Å². The Bertz CT molecular complexity index is 4660. The zero-order valence-electron chi connectivity index (χ0n) is 46.5. The number of anilines is 6. The monoisotopic (exact) mass is 1070 g/mol. The summed E-state index contributed by atoms with van der Waals surface area (Å²) in [7, 11) is 0. The molecule has 0 saturated carbocycles. The summed E-state index contributed by atoms with van der Waals surface area (Å²) in [5, 5.41) is 27.4. The Kier molecular flexibility index (Phi) is 11.0. The maximum Gasteiger partial charge on any atom is 0.219 e. The molecule has 0 N–H and O–H groups in total. The number of fused-ring (bicyclic) bond motifs is 12. The molecule has 0 fully saturated rings. The zero-order chi connectivity index (χ0) is 57.2. The van der Waals surface area contributed by atoms with Crippen molar-refractivity contribution in [3.8, 4) is 45.8 Å². The number of benzene rings is 11. The van der Waals surface area contributed by atoms with Gasteiger partial charge < -0.3 is 18.9 Å². The summed E-state index contributed by atoms with van der Waals surface area (Å²) in [4.78, 5) is 13.1. The SMILES string of the molecule is [C-]#[N+]c1c(C#N)c(-n2c3ccc(N(c4ccccc4)c4ccccc4)cc3c3cc4c(cc32)C(C)(C)c2ccccc2-4)c(C#N)c([N+]#[C-])c1-n1c2ccc(N(c3ccccc3)c3ccccc3)cc2c2cc3c(cc21)C(C)(C)c1ccccc1-3. The van der Waals surface area contributed by atoms with E-state index in [-0.39, 0.29) is 33.9 Å². The Morgan fingerprint density at radius 2 is 0.679 bits per heavy atom. The maximum absolute atomic E-state index is 11.9. The van der Waals surface area contributed by atoms with Crippen LogP contribution >= 0.6 is 0 Å². The second-order valence-electron chi connectivity index (χ2n) is 22.8. The van der Waals surface area contributed by atoms with E-state index in [4.69, 9.17) is 0 Å². The van der Waals surface area contributed by atoms with Crippen molar-refractivity contribution in [1.29, 1.82) is 10.5 Å². The largest absolute Gasteiger partial charge is 0.329 e. The first-order chi connectivity index (χ1) is 41.0. The third-order valence-electron chi connectivity index (χ3n) is 17.8. The van der Waals surface area contributed by atoms with E-state index in [2.05, 4.69) is 217 Å². The Morgan fingerprint density at radius 1 is 0.345 bits per heavy atom. The lowest BCUT2D eigenvalue weighted by Gasteiger charge is -2.26. The molecule has 11 aromatic carbocycles. The summed E-state index contributed by atoms with van der Waals surface area (Å²) in [6, 6.07) is 84.8. The molecule has 2 aliphatic rings. The first-order valence-electron chi connectivity index (χ1n) is 28.1. The molecular formula is C76H50N8. The molecule has 394 valence electrons. The van der Waals surface area contributed by atoms with Crippen molar-refractivity contribution < 1.29 is 0 Å². The van der Waals surface area contributed by atoms with Crippen LogP contribution in [-0.2, 0) is 10.8 Å². The lowest BCUT2D eigenvalue weighted by molar-refractivity contribution is 0.661. The molecule has 8 heteroatoms. The molecule has 2 aromatic heterocycles. The molecule has 0 amide bonds. The molecule has 2 heterocycles. The molecule has 0 unspecified atom stereocenters. The highest BCUT2D eigenvalue weighted by Gasteiger charge is 2.39. The van der Waals surface area contributed by atoms with Crippen molar-refractivity contribution >= 4 is 89.1 Å². The van der Waals surface area contributed by atoms with Crippen molar-refractivity contribution in [2.24, 2.45) is 0 Å². The van der Waals surface area contributed by atoms with Crippen LogP contribution in [0.1, 0.15) is 61.1 Å². The predicted octanol–water partition coefficient (Wildman–Crippen LogP) is 20.3. The molecular weight excluding hydrogens is 1020 g/mol. The normalized spacial score (nSPS) is 13.1. The third-order valence-corrected chi connectivity index (χ3v) is 17.8. The molecule has 0 bridgehead atoms. The Morgan fingerprint density at radius 3 is 1.04 bits per heavy atom. The highest BCUT2D eigenvalue weighted by atomic mass is 15.2. The van der Waals surface area contributed by atoms with Gasteiger partial charge in [-0.25, -0.2) is 9.69 Å². The van der Waals surface area contributed by atoms with Gasteiger partial charge in [0.2, 0.25) is 11.4 Å². The molecule has 0 atom stereocenters. The molecule has 84 heavy (non-hydrogen) atoms. The van der Waals surface area contributed by atoms with Gasteiger partial charge in [0, 0.05) is 66.5 Å². The molecule has 0 spiro atoms. The van der Waals surface area contributed by atoms with E-state index in [1.165, 1.54) is 11.1 Å². The van der Waals surface area contributed by atoms with Crippen LogP contribution in [0.4, 0.5) is 45.5 Å². The summed E-state index contributed by atoms with van der Waals surface area (Å²) in [6.45, 7) is 27.5. The van der Waals surface area contributed by atoms with Crippen LogP contribution in [0.5, 0.6) is 0 Å². The van der Waals surface area contributed by atoms with Crippen molar-refractivity contribution in [2.75, 3.05) is 9.80 Å². The van der Waals surface area contributed by atoms with Gasteiger partial charge in [0.25, 0.3) is 0 Å². The van der Waals surface area contributed by atoms with Crippen LogP contribution in [0.3, 0.4) is 0 Å². The fraction of sp³-hybridized carbons (Fsp3) is 0.0789. The number of hydrogen-bond donors (Lipinski definition) is 0. The molecule has 8 nitrogen and oxygen atoms in total. The second kappa shape index (κ2) is 18.6. The Hall–Kier alpha value is -11.4. The fourth-order valence-electron chi connectivity index (χ4n) is 13.9. The number of aromatic nitrogens is 2. The minimum Gasteiger partial charge on any atom is -0.329 e. The molecule has 0 saturated heterocycles. The van der Waals surface area contributed by atoms with Gasteiger partial charge in [-0.05, 0) is 154 Å². The second-order valence-corrected chi connectivity index (χ2v) is 22.8. The van der Waals surface area contributed by atoms with Gasteiger partial charge in [0.05, 0.1) is 69.9 Å². The van der Waals surface area contributed by atoms with E-state index in [0.29, 0.717) is 0 Å². The van der Waals surface area contributed by atoms with Crippen LogP contribution in [0, 0.1) is 35.8 Å². The smallest absolute Gasteiger partial charge is 0.219 e. The van der Waals surface area contributed by atoms with Gasteiger partial charge in [0.1, 0.15) is 0 Å². The Labute approximate surface area is 487 Å². The number of nitrogens with zero attached hydrogens (tertiary/aromatic N) is 8. The lowest BCUT2D eigenvalue weighted by atomic mass is 9.82. The Balaban J connectivity index is 1.04. The quantitative estimate of drug-likeness (QED) is 0.142. The average Bonchev–Trinajstić information content (AvgIpc) is 1.92. The highest BCUT2D eigenvalue weighted by Crippen LogP contribution is 2.56. The zero-order valence-corrected chi connectivity index (χ0v) is 46.5. The summed E-state index contributed by atoms with van der Waals surface area (Å²) in [5.74, 6) is 0. The van der Waals surface area contributed by atoms with E-state index in [1.54, 1.807) is 0 Å². The minimum atomic E-state index is -0.404. The van der Waals surface area contributed by atoms with Gasteiger partial charge in [-0.2, -0.15) is 10.5 Å². The number of hydrogen-bond acceptors (Lipinski definition) is 4. The van der Waals surface area contributed by atoms with Crippen LogP contribution in [0.15, 0.2) is 231 Å². The number of para-hydroxylation sites is 4. The van der Waals surface area contributed by atoms with E-state index < -0.39 is 10.8 Å². The van der Waals surface area contributed by atoms with Gasteiger partial charge in [0.15, 0.2) is 0 Å². The number of nitriles is 2.